The van der Waals surface area contributed by atoms with Crippen LogP contribution in [-0.4, -0.2) is 36.5 Å². The third-order valence-electron chi connectivity index (χ3n) is 5.42. The second kappa shape index (κ2) is 9.45. The molecule has 0 unspecified atom stereocenters. The van der Waals surface area contributed by atoms with Crippen LogP contribution in [-0.2, 0) is 11.2 Å². The lowest BCUT2D eigenvalue weighted by Gasteiger charge is -2.36. The molecule has 25 heavy (non-hydrogen) atoms. The third-order valence-corrected chi connectivity index (χ3v) is 6.02. The first kappa shape index (κ1) is 20.8. The average Bonchev–Trinajstić information content (AvgIpc) is 2.58. The van der Waals surface area contributed by atoms with Crippen LogP contribution in [0.15, 0.2) is 18.2 Å². The summed E-state index contributed by atoms with van der Waals surface area (Å²) in [6, 6.07) is 6.12. The molecule has 2 aliphatic rings. The Morgan fingerprint density at radius 1 is 1.24 bits per heavy atom. The lowest BCUT2D eigenvalue weighted by Crippen LogP contribution is -2.46. The number of nitrogens with zero attached hydrogens (tertiary/aromatic N) is 1. The minimum Gasteiger partial charge on any atom is -0.342 e. The van der Waals surface area contributed by atoms with Gasteiger partial charge >= 0.3 is 0 Å². The van der Waals surface area contributed by atoms with Crippen LogP contribution in [0.5, 0.6) is 0 Å². The van der Waals surface area contributed by atoms with E-state index in [2.05, 4.69) is 17.1 Å². The van der Waals surface area contributed by atoms with Crippen LogP contribution in [0.1, 0.15) is 38.2 Å². The summed E-state index contributed by atoms with van der Waals surface area (Å²) in [7, 11) is 0. The number of nitrogens with one attached hydrogen (secondary N) is 1. The van der Waals surface area contributed by atoms with E-state index in [0.29, 0.717) is 17.9 Å². The Morgan fingerprint density at radius 2 is 1.96 bits per heavy atom. The lowest BCUT2D eigenvalue weighted by molar-refractivity contribution is -0.138. The molecule has 3 rings (SSSR count). The first-order chi connectivity index (χ1) is 11.5. The Morgan fingerprint density at radius 3 is 2.64 bits per heavy atom. The molecule has 2 saturated heterocycles. The minimum atomic E-state index is 0. The fraction of sp³-hybridized carbons (Fsp3) is 0.632. The van der Waals surface area contributed by atoms with Gasteiger partial charge in [0.2, 0.25) is 5.91 Å². The molecule has 0 radical (unpaired) electrons. The highest BCUT2D eigenvalue weighted by molar-refractivity contribution is 6.33. The second-order valence-corrected chi connectivity index (χ2v) is 8.13. The van der Waals surface area contributed by atoms with Gasteiger partial charge in [-0.2, -0.15) is 0 Å². The summed E-state index contributed by atoms with van der Waals surface area (Å²) < 4.78 is 0. The predicted octanol–water partition coefficient (Wildman–Crippen LogP) is 4.58. The van der Waals surface area contributed by atoms with Gasteiger partial charge in [0.1, 0.15) is 0 Å². The Hall–Kier alpha value is -0.480. The minimum absolute atomic E-state index is 0. The molecule has 0 aromatic heterocycles. The number of likely N-dealkylation sites (tertiary alicyclic amines) is 1. The Kier molecular flexibility index (Phi) is 7.88. The van der Waals surface area contributed by atoms with E-state index in [0.717, 1.165) is 67.3 Å². The van der Waals surface area contributed by atoms with Crippen molar-refractivity contribution in [1.29, 1.82) is 0 Å². The van der Waals surface area contributed by atoms with Crippen molar-refractivity contribution in [3.63, 3.8) is 0 Å². The molecule has 0 bridgehead atoms. The quantitative estimate of drug-likeness (QED) is 0.798. The van der Waals surface area contributed by atoms with Crippen molar-refractivity contribution >= 4 is 41.5 Å². The molecule has 6 heteroatoms. The molecule has 0 saturated carbocycles. The molecule has 2 fully saturated rings. The monoisotopic (exact) mass is 404 g/mol. The Labute approximate surface area is 166 Å². The summed E-state index contributed by atoms with van der Waals surface area (Å²) in [6.45, 7) is 4.88. The van der Waals surface area contributed by atoms with Crippen molar-refractivity contribution in [2.45, 2.75) is 45.1 Å². The molecular formula is C19H27Cl3N2O. The molecule has 2 aliphatic heterocycles. The van der Waals surface area contributed by atoms with Crippen molar-refractivity contribution in [3.05, 3.63) is 33.8 Å². The van der Waals surface area contributed by atoms with Crippen molar-refractivity contribution in [2.75, 3.05) is 19.6 Å². The van der Waals surface area contributed by atoms with Crippen molar-refractivity contribution in [3.8, 4) is 0 Å². The van der Waals surface area contributed by atoms with E-state index in [1.54, 1.807) is 0 Å². The number of halogens is 3. The highest BCUT2D eigenvalue weighted by Gasteiger charge is 2.31. The highest BCUT2D eigenvalue weighted by Crippen LogP contribution is 2.29. The molecule has 3 nitrogen and oxygen atoms in total. The van der Waals surface area contributed by atoms with Crippen molar-refractivity contribution in [1.82, 2.24) is 10.2 Å². The van der Waals surface area contributed by atoms with E-state index >= 15 is 0 Å². The summed E-state index contributed by atoms with van der Waals surface area (Å²) in [5.41, 5.74) is 1.13. The Balaban J connectivity index is 0.00000225. The molecule has 140 valence electrons. The standard InChI is InChI=1S/C19H26Cl2N2O.ClH/c1-13-10-15(4-7-22-13)19(24)23-8-5-14(6-9-23)11-16-12-17(20)2-3-18(16)21;/h2-3,12-15,22H,4-11H2,1H3;1H/t13-,15-;/m0./s1. The van der Waals surface area contributed by atoms with E-state index in [1.807, 2.05) is 18.2 Å². The van der Waals surface area contributed by atoms with E-state index in [9.17, 15) is 4.79 Å². The Bertz CT molecular complexity index is 588. The maximum Gasteiger partial charge on any atom is 0.225 e. The van der Waals surface area contributed by atoms with Crippen LogP contribution in [0, 0.1) is 11.8 Å². The van der Waals surface area contributed by atoms with Gasteiger partial charge in [-0.05, 0) is 75.3 Å². The van der Waals surface area contributed by atoms with Crippen LogP contribution in [0.25, 0.3) is 0 Å². The number of carbonyl (C=O) groups is 1. The fourth-order valence-corrected chi connectivity index (χ4v) is 4.37. The third kappa shape index (κ3) is 5.50. The van der Waals surface area contributed by atoms with Crippen LogP contribution < -0.4 is 5.32 Å². The van der Waals surface area contributed by atoms with Gasteiger partial charge < -0.3 is 10.2 Å². The molecule has 1 aromatic rings. The topological polar surface area (TPSA) is 32.3 Å². The first-order valence-corrected chi connectivity index (χ1v) is 9.74. The van der Waals surface area contributed by atoms with Gasteiger partial charge in [0.05, 0.1) is 0 Å². The first-order valence-electron chi connectivity index (χ1n) is 8.99. The predicted molar refractivity (Wildman–Crippen MR) is 107 cm³/mol. The fourth-order valence-electron chi connectivity index (χ4n) is 3.98. The molecule has 2 atom stereocenters. The summed E-state index contributed by atoms with van der Waals surface area (Å²) in [5.74, 6) is 1.15. The number of benzene rings is 1. The van der Waals surface area contributed by atoms with Crippen LogP contribution >= 0.6 is 35.6 Å². The SMILES string of the molecule is C[C@H]1C[C@@H](C(=O)N2CCC(Cc3cc(Cl)ccc3Cl)CC2)CCN1.Cl. The number of amides is 1. The van der Waals surface area contributed by atoms with E-state index in [-0.39, 0.29) is 18.3 Å². The van der Waals surface area contributed by atoms with Crippen LogP contribution in [0.4, 0.5) is 0 Å². The molecule has 2 heterocycles. The number of carbonyl (C=O) groups excluding carboxylic acids is 1. The van der Waals surface area contributed by atoms with Gasteiger partial charge in [0.25, 0.3) is 0 Å². The van der Waals surface area contributed by atoms with Crippen LogP contribution in [0.3, 0.4) is 0 Å². The van der Waals surface area contributed by atoms with Gasteiger partial charge in [-0.3, -0.25) is 4.79 Å². The van der Waals surface area contributed by atoms with E-state index in [1.165, 1.54) is 0 Å². The number of hydrogen-bond acceptors (Lipinski definition) is 2. The molecule has 1 aromatic carbocycles. The zero-order valence-electron chi connectivity index (χ0n) is 14.6. The number of hydrogen-bond donors (Lipinski definition) is 1. The number of rotatable bonds is 3. The molecule has 1 N–H and O–H groups in total. The van der Waals surface area contributed by atoms with E-state index in [4.69, 9.17) is 23.2 Å². The van der Waals surface area contributed by atoms with Crippen molar-refractivity contribution < 1.29 is 4.79 Å². The molecular weight excluding hydrogens is 379 g/mol. The van der Waals surface area contributed by atoms with Crippen molar-refractivity contribution in [2.24, 2.45) is 11.8 Å². The number of piperidine rings is 2. The summed E-state index contributed by atoms with van der Waals surface area (Å²) in [5, 5.41) is 4.95. The van der Waals surface area contributed by atoms with Crippen LogP contribution in [0.2, 0.25) is 10.0 Å². The summed E-state index contributed by atoms with van der Waals surface area (Å²) in [6.07, 6.45) is 4.99. The highest BCUT2D eigenvalue weighted by atomic mass is 35.5. The normalized spacial score (nSPS) is 24.7. The molecule has 1 amide bonds. The average molecular weight is 406 g/mol. The van der Waals surface area contributed by atoms with E-state index < -0.39 is 0 Å². The van der Waals surface area contributed by atoms with Gasteiger partial charge in [-0.25, -0.2) is 0 Å². The second-order valence-electron chi connectivity index (χ2n) is 7.28. The van der Waals surface area contributed by atoms with Gasteiger partial charge in [-0.1, -0.05) is 23.2 Å². The smallest absolute Gasteiger partial charge is 0.225 e. The largest absolute Gasteiger partial charge is 0.342 e. The zero-order chi connectivity index (χ0) is 17.1. The zero-order valence-corrected chi connectivity index (χ0v) is 17.0. The van der Waals surface area contributed by atoms with Gasteiger partial charge in [0, 0.05) is 35.1 Å². The maximum absolute atomic E-state index is 12.7. The summed E-state index contributed by atoms with van der Waals surface area (Å²) in [4.78, 5) is 14.8. The molecule has 0 spiro atoms. The summed E-state index contributed by atoms with van der Waals surface area (Å²) >= 11 is 12.4. The maximum atomic E-state index is 12.7. The van der Waals surface area contributed by atoms with Gasteiger partial charge in [-0.15, -0.1) is 12.4 Å². The molecule has 0 aliphatic carbocycles. The van der Waals surface area contributed by atoms with Gasteiger partial charge in [0.15, 0.2) is 0 Å². The lowest BCUT2D eigenvalue weighted by atomic mass is 9.88.